The normalized spacial score (nSPS) is 10.4. The van der Waals surface area contributed by atoms with E-state index in [9.17, 15) is 8.78 Å². The van der Waals surface area contributed by atoms with E-state index in [0.717, 1.165) is 12.1 Å². The molecule has 2 rings (SSSR count). The van der Waals surface area contributed by atoms with Crippen molar-refractivity contribution in [2.45, 2.75) is 0 Å². The maximum absolute atomic E-state index is 13.9. The maximum Gasteiger partial charge on any atom is 0.491 e. The van der Waals surface area contributed by atoms with Crippen molar-refractivity contribution in [3.63, 3.8) is 0 Å². The van der Waals surface area contributed by atoms with Gasteiger partial charge in [0, 0.05) is 5.46 Å². The average molecular weight is 234 g/mol. The zero-order chi connectivity index (χ0) is 12.4. The van der Waals surface area contributed by atoms with Crippen molar-refractivity contribution in [1.29, 1.82) is 0 Å². The summed E-state index contributed by atoms with van der Waals surface area (Å²) in [5, 5.41) is 17.9. The molecule has 0 bridgehead atoms. The Morgan fingerprint density at radius 1 is 0.882 bits per heavy atom. The van der Waals surface area contributed by atoms with Gasteiger partial charge in [0.15, 0.2) is 0 Å². The summed E-state index contributed by atoms with van der Waals surface area (Å²) in [5.41, 5.74) is -0.244. The predicted molar refractivity (Wildman–Crippen MR) is 61.6 cm³/mol. The van der Waals surface area contributed by atoms with Gasteiger partial charge in [-0.15, -0.1) is 0 Å². The minimum Gasteiger partial charge on any atom is -0.423 e. The molecule has 0 unspecified atom stereocenters. The number of hydrogen-bond acceptors (Lipinski definition) is 2. The molecule has 0 saturated heterocycles. The summed E-state index contributed by atoms with van der Waals surface area (Å²) < 4.78 is 27.5. The summed E-state index contributed by atoms with van der Waals surface area (Å²) in [6.07, 6.45) is 0. The van der Waals surface area contributed by atoms with Crippen LogP contribution in [-0.2, 0) is 0 Å². The summed E-state index contributed by atoms with van der Waals surface area (Å²) in [4.78, 5) is 0. The van der Waals surface area contributed by atoms with Gasteiger partial charge >= 0.3 is 7.12 Å². The number of benzene rings is 2. The van der Waals surface area contributed by atoms with E-state index in [2.05, 4.69) is 0 Å². The lowest BCUT2D eigenvalue weighted by Gasteiger charge is -2.09. The Morgan fingerprint density at radius 2 is 1.53 bits per heavy atom. The molecule has 2 aromatic rings. The number of halogens is 2. The van der Waals surface area contributed by atoms with E-state index < -0.39 is 18.8 Å². The molecule has 0 fully saturated rings. The molecule has 0 aliphatic carbocycles. The van der Waals surface area contributed by atoms with E-state index >= 15 is 0 Å². The van der Waals surface area contributed by atoms with Crippen LogP contribution >= 0.6 is 0 Å². The van der Waals surface area contributed by atoms with Crippen molar-refractivity contribution < 1.29 is 18.8 Å². The molecule has 0 aliphatic rings. The van der Waals surface area contributed by atoms with Crippen molar-refractivity contribution >= 4 is 12.6 Å². The molecule has 0 aromatic heterocycles. The first-order valence-electron chi connectivity index (χ1n) is 5.00. The standard InChI is InChI=1S/C12H9BF2O2/c14-10-7-6-9(13(16)17)12(15)11(10)8-4-2-1-3-5-8/h1-7,16-17H. The monoisotopic (exact) mass is 234 g/mol. The van der Waals surface area contributed by atoms with Gasteiger partial charge in [-0.25, -0.2) is 8.78 Å². The lowest BCUT2D eigenvalue weighted by molar-refractivity contribution is 0.423. The van der Waals surface area contributed by atoms with Gasteiger partial charge in [-0.1, -0.05) is 36.4 Å². The van der Waals surface area contributed by atoms with Crippen molar-refractivity contribution in [3.8, 4) is 11.1 Å². The van der Waals surface area contributed by atoms with Gasteiger partial charge in [0.25, 0.3) is 0 Å². The SMILES string of the molecule is OB(O)c1ccc(F)c(-c2ccccc2)c1F. The predicted octanol–water partition coefficient (Wildman–Crippen LogP) is 1.31. The van der Waals surface area contributed by atoms with Crippen LogP contribution in [0, 0.1) is 11.6 Å². The van der Waals surface area contributed by atoms with Crippen LogP contribution in [-0.4, -0.2) is 17.2 Å². The van der Waals surface area contributed by atoms with Crippen LogP contribution in [0.4, 0.5) is 8.78 Å². The van der Waals surface area contributed by atoms with Crippen molar-refractivity contribution in [2.24, 2.45) is 0 Å². The van der Waals surface area contributed by atoms with Gasteiger partial charge in [-0.05, 0) is 11.6 Å². The third-order valence-electron chi connectivity index (χ3n) is 2.46. The molecule has 17 heavy (non-hydrogen) atoms. The van der Waals surface area contributed by atoms with E-state index in [1.807, 2.05) is 0 Å². The highest BCUT2D eigenvalue weighted by atomic mass is 19.1. The molecular formula is C12H9BF2O2. The van der Waals surface area contributed by atoms with E-state index in [4.69, 9.17) is 10.0 Å². The summed E-state index contributed by atoms with van der Waals surface area (Å²) in [7, 11) is -1.96. The van der Waals surface area contributed by atoms with E-state index in [0.29, 0.717) is 5.56 Å². The Kier molecular flexibility index (Phi) is 3.22. The molecule has 5 heteroatoms. The van der Waals surface area contributed by atoms with Crippen LogP contribution in [0.3, 0.4) is 0 Å². The molecule has 0 spiro atoms. The third kappa shape index (κ3) is 2.20. The summed E-state index contributed by atoms with van der Waals surface area (Å²) in [6.45, 7) is 0. The number of hydrogen-bond donors (Lipinski definition) is 2. The summed E-state index contributed by atoms with van der Waals surface area (Å²) >= 11 is 0. The first kappa shape index (κ1) is 11.8. The lowest BCUT2D eigenvalue weighted by Crippen LogP contribution is -2.33. The Labute approximate surface area is 97.3 Å². The van der Waals surface area contributed by atoms with Crippen LogP contribution in [0.1, 0.15) is 0 Å². The first-order valence-corrected chi connectivity index (χ1v) is 5.00. The summed E-state index contributed by atoms with van der Waals surface area (Å²) in [6, 6.07) is 10.2. The van der Waals surface area contributed by atoms with Gasteiger partial charge < -0.3 is 10.0 Å². The average Bonchev–Trinajstić information content (AvgIpc) is 2.30. The number of rotatable bonds is 2. The van der Waals surface area contributed by atoms with Crippen LogP contribution in [0.15, 0.2) is 42.5 Å². The van der Waals surface area contributed by atoms with Crippen LogP contribution in [0.5, 0.6) is 0 Å². The molecule has 2 nitrogen and oxygen atoms in total. The smallest absolute Gasteiger partial charge is 0.423 e. The maximum atomic E-state index is 13.9. The van der Waals surface area contributed by atoms with Crippen LogP contribution in [0.2, 0.25) is 0 Å². The highest BCUT2D eigenvalue weighted by Gasteiger charge is 2.22. The lowest BCUT2D eigenvalue weighted by atomic mass is 9.78. The highest BCUT2D eigenvalue weighted by Crippen LogP contribution is 2.24. The van der Waals surface area contributed by atoms with Gasteiger partial charge in [0.1, 0.15) is 11.6 Å². The van der Waals surface area contributed by atoms with Gasteiger partial charge in [0.2, 0.25) is 0 Å². The van der Waals surface area contributed by atoms with Gasteiger partial charge in [-0.2, -0.15) is 0 Å². The second-order valence-corrected chi connectivity index (χ2v) is 3.57. The zero-order valence-electron chi connectivity index (χ0n) is 8.77. The topological polar surface area (TPSA) is 40.5 Å². The molecule has 0 amide bonds. The second kappa shape index (κ2) is 4.65. The fourth-order valence-corrected chi connectivity index (χ4v) is 1.64. The van der Waals surface area contributed by atoms with Crippen molar-refractivity contribution in [1.82, 2.24) is 0 Å². The molecule has 2 N–H and O–H groups in total. The largest absolute Gasteiger partial charge is 0.491 e. The van der Waals surface area contributed by atoms with E-state index in [-0.39, 0.29) is 11.0 Å². The molecule has 2 aromatic carbocycles. The molecule has 86 valence electrons. The minimum absolute atomic E-state index is 0.254. The van der Waals surface area contributed by atoms with Crippen molar-refractivity contribution in [2.75, 3.05) is 0 Å². The minimum atomic E-state index is -1.96. The Hall–Kier alpha value is -1.72. The fraction of sp³-hybridized carbons (Fsp3) is 0. The van der Waals surface area contributed by atoms with Gasteiger partial charge in [-0.3, -0.25) is 0 Å². The molecule has 0 atom stereocenters. The van der Waals surface area contributed by atoms with Crippen LogP contribution < -0.4 is 5.46 Å². The molecule has 0 aliphatic heterocycles. The Morgan fingerprint density at radius 3 is 2.12 bits per heavy atom. The quantitative estimate of drug-likeness (QED) is 0.769. The van der Waals surface area contributed by atoms with Gasteiger partial charge in [0.05, 0.1) is 5.56 Å². The van der Waals surface area contributed by atoms with E-state index in [1.165, 1.54) is 0 Å². The molecular weight excluding hydrogens is 225 g/mol. The highest BCUT2D eigenvalue weighted by molar-refractivity contribution is 6.58. The molecule has 0 saturated carbocycles. The fourth-order valence-electron chi connectivity index (χ4n) is 1.64. The summed E-state index contributed by atoms with van der Waals surface area (Å²) in [5.74, 6) is -1.69. The molecule has 0 heterocycles. The molecule has 0 radical (unpaired) electrons. The Bertz CT molecular complexity index is 530. The first-order chi connectivity index (χ1) is 8.11. The van der Waals surface area contributed by atoms with Crippen LogP contribution in [0.25, 0.3) is 11.1 Å². The third-order valence-corrected chi connectivity index (χ3v) is 2.46. The van der Waals surface area contributed by atoms with Crippen molar-refractivity contribution in [3.05, 3.63) is 54.1 Å². The zero-order valence-corrected chi connectivity index (χ0v) is 8.77. The Balaban J connectivity index is 2.65. The second-order valence-electron chi connectivity index (χ2n) is 3.57. The van der Waals surface area contributed by atoms with E-state index in [1.54, 1.807) is 30.3 Å².